The molecule has 0 radical (unpaired) electrons. The summed E-state index contributed by atoms with van der Waals surface area (Å²) in [6.45, 7) is 0. The van der Waals surface area contributed by atoms with Crippen LogP contribution in [0.1, 0.15) is 51.4 Å². The highest BCUT2D eigenvalue weighted by molar-refractivity contribution is 5.35. The van der Waals surface area contributed by atoms with E-state index in [0.29, 0.717) is 0 Å². The lowest BCUT2D eigenvalue weighted by Crippen LogP contribution is -2.19. The van der Waals surface area contributed by atoms with E-state index in [1.807, 2.05) is 0 Å². The van der Waals surface area contributed by atoms with Crippen molar-refractivity contribution in [2.24, 2.45) is 20.0 Å². The molecule has 2 aliphatic carbocycles. The summed E-state index contributed by atoms with van der Waals surface area (Å²) in [5, 5.41) is 0. The van der Waals surface area contributed by atoms with Crippen molar-refractivity contribution in [2.45, 2.75) is 75.5 Å². The molecule has 0 spiro atoms. The van der Waals surface area contributed by atoms with E-state index in [2.05, 4.69) is 20.0 Å². The van der Waals surface area contributed by atoms with Crippen molar-refractivity contribution in [1.82, 2.24) is 0 Å². The minimum atomic E-state index is 0.0978. The Kier molecular flexibility index (Phi) is 9.79. The van der Waals surface area contributed by atoms with Crippen LogP contribution in [0.4, 0.5) is 0 Å². The standard InChI is InChI=1S/2C8H10N2O2/c2*11-5-9-7-1-2-8(4-3-7)10-6-12/h2*7-8H,1-4H2. The Bertz CT molecular complexity index is 463. The van der Waals surface area contributed by atoms with Gasteiger partial charge in [0.15, 0.2) is 0 Å². The monoisotopic (exact) mass is 332 g/mol. The third-order valence-electron chi connectivity index (χ3n) is 4.27. The van der Waals surface area contributed by atoms with Crippen LogP contribution in [0.15, 0.2) is 20.0 Å². The van der Waals surface area contributed by atoms with Crippen molar-refractivity contribution in [2.75, 3.05) is 0 Å². The van der Waals surface area contributed by atoms with Crippen molar-refractivity contribution >= 4 is 24.3 Å². The molecule has 2 aliphatic rings. The largest absolute Gasteiger partial charge is 0.235 e. The summed E-state index contributed by atoms with van der Waals surface area (Å²) in [5.41, 5.74) is 0. The lowest BCUT2D eigenvalue weighted by molar-refractivity contribution is 0.394. The van der Waals surface area contributed by atoms with Gasteiger partial charge in [-0.05, 0) is 51.4 Å². The molecule has 0 bridgehead atoms. The highest BCUT2D eigenvalue weighted by atomic mass is 16.1. The highest BCUT2D eigenvalue weighted by Gasteiger charge is 2.20. The van der Waals surface area contributed by atoms with Crippen LogP contribution in [0.3, 0.4) is 0 Å². The van der Waals surface area contributed by atoms with Gasteiger partial charge in [-0.3, -0.25) is 0 Å². The molecule has 8 nitrogen and oxygen atoms in total. The highest BCUT2D eigenvalue weighted by Crippen LogP contribution is 2.23. The first-order valence-corrected chi connectivity index (χ1v) is 8.01. The Morgan fingerprint density at radius 3 is 0.708 bits per heavy atom. The molecule has 0 amide bonds. The Hall–Kier alpha value is -2.48. The maximum absolute atomic E-state index is 9.90. The minimum absolute atomic E-state index is 0.0978. The van der Waals surface area contributed by atoms with Crippen LogP contribution >= 0.6 is 0 Å². The van der Waals surface area contributed by atoms with Crippen LogP contribution in [0.5, 0.6) is 0 Å². The molecule has 0 N–H and O–H groups in total. The van der Waals surface area contributed by atoms with E-state index < -0.39 is 0 Å². The molecule has 0 aromatic carbocycles. The van der Waals surface area contributed by atoms with Crippen molar-refractivity contribution in [3.63, 3.8) is 0 Å². The Morgan fingerprint density at radius 1 is 0.417 bits per heavy atom. The van der Waals surface area contributed by atoms with Crippen LogP contribution in [0.25, 0.3) is 0 Å². The van der Waals surface area contributed by atoms with Gasteiger partial charge in [0.2, 0.25) is 24.3 Å². The molecular weight excluding hydrogens is 312 g/mol. The normalized spacial score (nSPS) is 28.3. The Balaban J connectivity index is 0.000000240. The van der Waals surface area contributed by atoms with Gasteiger partial charge in [0.1, 0.15) is 0 Å². The van der Waals surface area contributed by atoms with E-state index in [1.165, 1.54) is 0 Å². The fourth-order valence-electron chi connectivity index (χ4n) is 2.93. The molecule has 2 fully saturated rings. The second-order valence-electron chi connectivity index (χ2n) is 5.81. The fraction of sp³-hybridized carbons (Fsp3) is 0.750. The van der Waals surface area contributed by atoms with Gasteiger partial charge in [-0.1, -0.05) is 0 Å². The molecule has 128 valence electrons. The summed E-state index contributed by atoms with van der Waals surface area (Å²) >= 11 is 0. The molecule has 24 heavy (non-hydrogen) atoms. The lowest BCUT2D eigenvalue weighted by Gasteiger charge is -2.20. The molecule has 0 saturated heterocycles. The van der Waals surface area contributed by atoms with Crippen molar-refractivity contribution in [1.29, 1.82) is 0 Å². The van der Waals surface area contributed by atoms with Gasteiger partial charge < -0.3 is 0 Å². The summed E-state index contributed by atoms with van der Waals surface area (Å²) in [5.74, 6) is 0. The molecule has 0 atom stereocenters. The van der Waals surface area contributed by atoms with Crippen LogP contribution in [0.2, 0.25) is 0 Å². The molecule has 8 heteroatoms. The molecule has 0 unspecified atom stereocenters. The Labute approximate surface area is 139 Å². The Morgan fingerprint density at radius 2 is 0.583 bits per heavy atom. The number of hydrogen-bond acceptors (Lipinski definition) is 8. The molecule has 0 aliphatic heterocycles. The van der Waals surface area contributed by atoms with Crippen molar-refractivity contribution in [3.8, 4) is 0 Å². The first-order valence-electron chi connectivity index (χ1n) is 8.01. The van der Waals surface area contributed by atoms with Crippen LogP contribution < -0.4 is 0 Å². The summed E-state index contributed by atoms with van der Waals surface area (Å²) in [7, 11) is 0. The maximum atomic E-state index is 9.90. The van der Waals surface area contributed by atoms with Crippen molar-refractivity contribution < 1.29 is 19.2 Å². The predicted molar refractivity (Wildman–Crippen MR) is 84.6 cm³/mol. The first-order chi connectivity index (χ1) is 11.7. The number of carbonyl (C=O) groups excluding carboxylic acids is 4. The number of rotatable bonds is 4. The van der Waals surface area contributed by atoms with E-state index in [0.717, 1.165) is 51.4 Å². The van der Waals surface area contributed by atoms with Gasteiger partial charge in [-0.2, -0.15) is 0 Å². The number of isocyanates is 4. The number of hydrogen-bond donors (Lipinski definition) is 0. The zero-order valence-corrected chi connectivity index (χ0v) is 13.4. The topological polar surface area (TPSA) is 118 Å². The molecule has 0 aromatic rings. The molecule has 2 rings (SSSR count). The minimum Gasteiger partial charge on any atom is -0.211 e. The number of nitrogens with zero attached hydrogens (tertiary/aromatic N) is 4. The van der Waals surface area contributed by atoms with Crippen molar-refractivity contribution in [3.05, 3.63) is 0 Å². The quantitative estimate of drug-likeness (QED) is 0.577. The molecule has 0 heterocycles. The SMILES string of the molecule is O=C=NC1CCC(N=C=O)CC1.O=C=NC1CCC(N=C=O)CC1. The molecule has 0 aromatic heterocycles. The van der Waals surface area contributed by atoms with Crippen LogP contribution in [-0.2, 0) is 19.2 Å². The van der Waals surface area contributed by atoms with E-state index >= 15 is 0 Å². The van der Waals surface area contributed by atoms with Gasteiger partial charge in [-0.25, -0.2) is 39.1 Å². The van der Waals surface area contributed by atoms with Gasteiger partial charge in [0, 0.05) is 0 Å². The van der Waals surface area contributed by atoms with Gasteiger partial charge in [0.05, 0.1) is 24.2 Å². The van der Waals surface area contributed by atoms with Gasteiger partial charge in [0.25, 0.3) is 0 Å². The summed E-state index contributed by atoms with van der Waals surface area (Å²) in [6.07, 6.45) is 12.8. The van der Waals surface area contributed by atoms with E-state index in [1.54, 1.807) is 24.3 Å². The first kappa shape index (κ1) is 19.6. The molecule has 2 saturated carbocycles. The average molecular weight is 332 g/mol. The van der Waals surface area contributed by atoms with Gasteiger partial charge in [-0.15, -0.1) is 0 Å². The third-order valence-corrected chi connectivity index (χ3v) is 4.27. The van der Waals surface area contributed by atoms with E-state index in [-0.39, 0.29) is 24.2 Å². The maximum Gasteiger partial charge on any atom is 0.235 e. The second kappa shape index (κ2) is 12.0. The average Bonchev–Trinajstić information content (AvgIpc) is 2.60. The smallest absolute Gasteiger partial charge is 0.211 e. The van der Waals surface area contributed by atoms with Gasteiger partial charge >= 0.3 is 0 Å². The van der Waals surface area contributed by atoms with Crippen LogP contribution in [-0.4, -0.2) is 48.5 Å². The summed E-state index contributed by atoms with van der Waals surface area (Å²) < 4.78 is 0. The third kappa shape index (κ3) is 7.68. The zero-order valence-electron chi connectivity index (χ0n) is 13.4. The number of aliphatic imine (C=N–C) groups is 4. The predicted octanol–water partition coefficient (Wildman–Crippen LogP) is 1.94. The van der Waals surface area contributed by atoms with E-state index in [4.69, 9.17) is 0 Å². The summed E-state index contributed by atoms with van der Waals surface area (Å²) in [6, 6.07) is 0.391. The van der Waals surface area contributed by atoms with Crippen LogP contribution in [0, 0.1) is 0 Å². The van der Waals surface area contributed by atoms with E-state index in [9.17, 15) is 19.2 Å². The molecular formula is C16H20N4O4. The lowest BCUT2D eigenvalue weighted by atomic mass is 9.92. The second-order valence-corrected chi connectivity index (χ2v) is 5.81. The zero-order chi connectivity index (χ0) is 17.6. The fourth-order valence-corrected chi connectivity index (χ4v) is 2.93. The summed E-state index contributed by atoms with van der Waals surface area (Å²) in [4.78, 5) is 54.1.